The van der Waals surface area contributed by atoms with Crippen molar-refractivity contribution in [3.05, 3.63) is 0 Å². The Bertz CT molecular complexity index is 57.1. The third-order valence-electron chi connectivity index (χ3n) is 1.62. The summed E-state index contributed by atoms with van der Waals surface area (Å²) < 4.78 is 0. The van der Waals surface area contributed by atoms with Crippen molar-refractivity contribution in [1.82, 2.24) is 0 Å². The fraction of sp³-hybridized carbons (Fsp3) is 1.00. The maximum atomic E-state index is 8.94. The SMILES string of the molecule is [NH3+][C@H]1CCC[C@H]1O. The van der Waals surface area contributed by atoms with Gasteiger partial charge in [0, 0.05) is 6.42 Å². The molecule has 1 aliphatic rings. The van der Waals surface area contributed by atoms with E-state index in [4.69, 9.17) is 5.11 Å². The third-order valence-corrected chi connectivity index (χ3v) is 1.62. The van der Waals surface area contributed by atoms with Crippen molar-refractivity contribution in [2.24, 2.45) is 0 Å². The van der Waals surface area contributed by atoms with E-state index >= 15 is 0 Å². The lowest BCUT2D eigenvalue weighted by Crippen LogP contribution is -2.64. The number of hydrogen-bond acceptors (Lipinski definition) is 1. The smallest absolute Gasteiger partial charge is 0.111 e. The molecule has 2 heteroatoms. The zero-order chi connectivity index (χ0) is 5.28. The summed E-state index contributed by atoms with van der Waals surface area (Å²) in [6, 6.07) is 0.319. The molecule has 0 heterocycles. The standard InChI is InChI=1S/C5H11NO/c6-4-2-1-3-5(4)7/h4-5,7H,1-3,6H2/p+1/t4-,5+/m0/s1. The first kappa shape index (κ1) is 5.06. The van der Waals surface area contributed by atoms with Crippen molar-refractivity contribution < 1.29 is 10.8 Å². The summed E-state index contributed by atoms with van der Waals surface area (Å²) in [5.74, 6) is 0. The van der Waals surface area contributed by atoms with Crippen LogP contribution < -0.4 is 5.73 Å². The third kappa shape index (κ3) is 0.924. The van der Waals surface area contributed by atoms with E-state index in [0.29, 0.717) is 6.04 Å². The summed E-state index contributed by atoms with van der Waals surface area (Å²) >= 11 is 0. The summed E-state index contributed by atoms with van der Waals surface area (Å²) in [5.41, 5.74) is 3.77. The van der Waals surface area contributed by atoms with Crippen LogP contribution >= 0.6 is 0 Å². The van der Waals surface area contributed by atoms with Crippen LogP contribution in [0.15, 0.2) is 0 Å². The quantitative estimate of drug-likeness (QED) is 0.411. The highest BCUT2D eigenvalue weighted by Crippen LogP contribution is 2.14. The monoisotopic (exact) mass is 102 g/mol. The second-order valence-electron chi connectivity index (χ2n) is 2.26. The summed E-state index contributed by atoms with van der Waals surface area (Å²) in [6.45, 7) is 0. The summed E-state index contributed by atoms with van der Waals surface area (Å²) in [7, 11) is 0. The summed E-state index contributed by atoms with van der Waals surface area (Å²) in [5, 5.41) is 8.94. The van der Waals surface area contributed by atoms with E-state index in [2.05, 4.69) is 5.73 Å². The van der Waals surface area contributed by atoms with Crippen LogP contribution in [0, 0.1) is 0 Å². The van der Waals surface area contributed by atoms with Crippen LogP contribution in [0.25, 0.3) is 0 Å². The zero-order valence-electron chi connectivity index (χ0n) is 4.43. The van der Waals surface area contributed by atoms with Gasteiger partial charge in [-0.25, -0.2) is 0 Å². The Morgan fingerprint density at radius 1 is 1.43 bits per heavy atom. The Morgan fingerprint density at radius 2 is 2.14 bits per heavy atom. The number of rotatable bonds is 0. The fourth-order valence-electron chi connectivity index (χ4n) is 1.02. The minimum atomic E-state index is -0.0972. The van der Waals surface area contributed by atoms with Gasteiger partial charge in [-0.1, -0.05) is 0 Å². The van der Waals surface area contributed by atoms with Gasteiger partial charge in [-0.15, -0.1) is 0 Å². The van der Waals surface area contributed by atoms with E-state index in [-0.39, 0.29) is 6.10 Å². The molecule has 1 rings (SSSR count). The van der Waals surface area contributed by atoms with Gasteiger partial charge in [-0.3, -0.25) is 0 Å². The van der Waals surface area contributed by atoms with E-state index in [9.17, 15) is 0 Å². The molecular formula is C5H12NO+. The number of aliphatic hydroxyl groups excluding tert-OH is 1. The van der Waals surface area contributed by atoms with Gasteiger partial charge in [0.25, 0.3) is 0 Å². The van der Waals surface area contributed by atoms with Crippen molar-refractivity contribution in [3.8, 4) is 0 Å². The molecule has 0 saturated heterocycles. The molecule has 0 bridgehead atoms. The molecule has 0 spiro atoms. The Balaban J connectivity index is 2.33. The van der Waals surface area contributed by atoms with Gasteiger partial charge >= 0.3 is 0 Å². The van der Waals surface area contributed by atoms with Crippen LogP contribution in [0.1, 0.15) is 19.3 Å². The molecule has 1 saturated carbocycles. The van der Waals surface area contributed by atoms with Crippen LogP contribution in [0.4, 0.5) is 0 Å². The lowest BCUT2D eigenvalue weighted by atomic mass is 10.2. The van der Waals surface area contributed by atoms with Gasteiger partial charge in [0.2, 0.25) is 0 Å². The lowest BCUT2D eigenvalue weighted by molar-refractivity contribution is -0.432. The van der Waals surface area contributed by atoms with Crippen LogP contribution in [0.5, 0.6) is 0 Å². The van der Waals surface area contributed by atoms with Crippen LogP contribution in [-0.4, -0.2) is 17.3 Å². The molecule has 2 atom stereocenters. The molecule has 0 aromatic carbocycles. The first-order valence-corrected chi connectivity index (χ1v) is 2.82. The Labute approximate surface area is 43.3 Å². The summed E-state index contributed by atoms with van der Waals surface area (Å²) in [6.07, 6.45) is 3.14. The zero-order valence-corrected chi connectivity index (χ0v) is 4.43. The molecule has 7 heavy (non-hydrogen) atoms. The van der Waals surface area contributed by atoms with Gasteiger partial charge in [0.15, 0.2) is 0 Å². The van der Waals surface area contributed by atoms with Gasteiger partial charge in [0.1, 0.15) is 12.1 Å². The highest BCUT2D eigenvalue weighted by molar-refractivity contribution is 4.73. The van der Waals surface area contributed by atoms with Crippen molar-refractivity contribution in [3.63, 3.8) is 0 Å². The Morgan fingerprint density at radius 3 is 2.29 bits per heavy atom. The Hall–Kier alpha value is -0.0800. The fourth-order valence-corrected chi connectivity index (χ4v) is 1.02. The predicted molar refractivity (Wildman–Crippen MR) is 26.5 cm³/mol. The molecule has 0 radical (unpaired) electrons. The maximum absolute atomic E-state index is 8.94. The molecule has 4 N–H and O–H groups in total. The van der Waals surface area contributed by atoms with Crippen molar-refractivity contribution in [2.45, 2.75) is 31.4 Å². The molecule has 42 valence electrons. The second kappa shape index (κ2) is 1.80. The average molecular weight is 102 g/mol. The predicted octanol–water partition coefficient (Wildman–Crippen LogP) is -0.858. The molecule has 0 amide bonds. The van der Waals surface area contributed by atoms with Crippen molar-refractivity contribution >= 4 is 0 Å². The molecule has 1 fully saturated rings. The molecule has 1 aliphatic carbocycles. The minimum absolute atomic E-state index is 0.0972. The number of hydrogen-bond donors (Lipinski definition) is 2. The van der Waals surface area contributed by atoms with Gasteiger partial charge < -0.3 is 10.8 Å². The number of aliphatic hydroxyl groups is 1. The van der Waals surface area contributed by atoms with E-state index in [1.54, 1.807) is 0 Å². The summed E-state index contributed by atoms with van der Waals surface area (Å²) in [4.78, 5) is 0. The highest BCUT2D eigenvalue weighted by Gasteiger charge is 2.23. The molecule has 0 aliphatic heterocycles. The molecular weight excluding hydrogens is 90.1 g/mol. The first-order chi connectivity index (χ1) is 3.30. The largest absolute Gasteiger partial charge is 0.387 e. The van der Waals surface area contributed by atoms with E-state index in [1.807, 2.05) is 0 Å². The molecule has 0 unspecified atom stereocenters. The molecule has 0 aromatic heterocycles. The van der Waals surface area contributed by atoms with Crippen LogP contribution in [-0.2, 0) is 0 Å². The number of quaternary nitrogens is 1. The second-order valence-corrected chi connectivity index (χ2v) is 2.26. The average Bonchev–Trinajstić information content (AvgIpc) is 1.91. The highest BCUT2D eigenvalue weighted by atomic mass is 16.3. The van der Waals surface area contributed by atoms with E-state index in [1.165, 1.54) is 0 Å². The maximum Gasteiger partial charge on any atom is 0.111 e. The Kier molecular flexibility index (Phi) is 1.30. The van der Waals surface area contributed by atoms with E-state index in [0.717, 1.165) is 19.3 Å². The van der Waals surface area contributed by atoms with Crippen molar-refractivity contribution in [1.29, 1.82) is 0 Å². The van der Waals surface area contributed by atoms with Crippen molar-refractivity contribution in [2.75, 3.05) is 0 Å². The minimum Gasteiger partial charge on any atom is -0.387 e. The van der Waals surface area contributed by atoms with Gasteiger partial charge in [-0.05, 0) is 12.8 Å². The first-order valence-electron chi connectivity index (χ1n) is 2.82. The molecule has 2 nitrogen and oxygen atoms in total. The van der Waals surface area contributed by atoms with E-state index < -0.39 is 0 Å². The van der Waals surface area contributed by atoms with Gasteiger partial charge in [0.05, 0.1) is 0 Å². The van der Waals surface area contributed by atoms with Gasteiger partial charge in [-0.2, -0.15) is 0 Å². The van der Waals surface area contributed by atoms with Crippen LogP contribution in [0.3, 0.4) is 0 Å². The topological polar surface area (TPSA) is 47.9 Å². The molecule has 0 aromatic rings. The lowest BCUT2D eigenvalue weighted by Gasteiger charge is -2.00. The van der Waals surface area contributed by atoms with Crippen LogP contribution in [0.2, 0.25) is 0 Å². The normalized spacial score (nSPS) is 42.0.